The maximum absolute atomic E-state index is 13.9. The zero-order chi connectivity index (χ0) is 32.0. The van der Waals surface area contributed by atoms with Crippen LogP contribution in [0.1, 0.15) is 214 Å². The van der Waals surface area contributed by atoms with Crippen LogP contribution < -0.4 is 0 Å². The van der Waals surface area contributed by atoms with Gasteiger partial charge in [-0.2, -0.15) is 0 Å². The van der Waals surface area contributed by atoms with Crippen LogP contribution in [0, 0.1) is 5.92 Å². The predicted octanol–water partition coefficient (Wildman–Crippen LogP) is 13.5. The van der Waals surface area contributed by atoms with Crippen LogP contribution in [0.4, 0.5) is 0 Å². The van der Waals surface area contributed by atoms with E-state index in [0.717, 1.165) is 56.9 Å². The highest BCUT2D eigenvalue weighted by Crippen LogP contribution is 2.33. The summed E-state index contributed by atoms with van der Waals surface area (Å²) in [5.74, 6) is -0.751. The lowest BCUT2D eigenvalue weighted by Crippen LogP contribution is -2.22. The van der Waals surface area contributed by atoms with E-state index in [1.807, 2.05) is 0 Å². The van der Waals surface area contributed by atoms with E-state index >= 15 is 0 Å². The molecule has 0 bridgehead atoms. The number of rotatable bonds is 31. The normalized spacial score (nSPS) is 11.2. The van der Waals surface area contributed by atoms with Gasteiger partial charge in [-0.05, 0) is 51.4 Å². The molecule has 43 heavy (non-hydrogen) atoms. The predicted molar refractivity (Wildman–Crippen MR) is 188 cm³/mol. The molecule has 0 aliphatic heterocycles. The fourth-order valence-corrected chi connectivity index (χ4v) is 6.23. The highest BCUT2D eigenvalue weighted by Gasteiger charge is 2.27. The fraction of sp³-hybridized carbons (Fsp3) is 0.850. The first kappa shape index (κ1) is 41.6. The maximum Gasteiger partial charge on any atom is 0.342 e. The molecule has 3 nitrogen and oxygen atoms in total. The Morgan fingerprint density at radius 3 is 1.16 bits per heavy atom. The molecule has 0 aromatic carbocycles. The zero-order valence-electron chi connectivity index (χ0n) is 29.8. The van der Waals surface area contributed by atoms with Gasteiger partial charge < -0.3 is 4.74 Å². The number of carbonyl (C=O) groups excluding carboxylic acids is 2. The molecule has 0 fully saturated rings. The first-order valence-electron chi connectivity index (χ1n) is 19.1. The van der Waals surface area contributed by atoms with Crippen molar-refractivity contribution in [2.45, 2.75) is 214 Å². The lowest BCUT2D eigenvalue weighted by atomic mass is 9.82. The third kappa shape index (κ3) is 23.6. The van der Waals surface area contributed by atoms with E-state index in [2.05, 4.69) is 34.3 Å². The van der Waals surface area contributed by atoms with Crippen molar-refractivity contribution in [3.8, 4) is 0 Å². The molecular weight excluding hydrogens is 528 g/mol. The van der Waals surface area contributed by atoms with Crippen LogP contribution in [0.5, 0.6) is 0 Å². The summed E-state index contributed by atoms with van der Waals surface area (Å²) in [7, 11) is 0. The molecular formula is C40H74O3. The standard InChI is InChI=1S/C40H74O3/c1-7-11-15-19-23-27-31-36(32-28-24-20-16-12-8-2)38(40(42)43-39(41)35(5)6)37(33-29-25-21-17-13-9-3)34-30-26-22-18-14-10-4/h36H,5,7-34H2,1-4,6H3. The van der Waals surface area contributed by atoms with Gasteiger partial charge in [-0.25, -0.2) is 9.59 Å². The molecule has 0 N–H and O–H groups in total. The van der Waals surface area contributed by atoms with Crippen LogP contribution in [0.2, 0.25) is 0 Å². The van der Waals surface area contributed by atoms with Crippen LogP contribution in [-0.4, -0.2) is 11.9 Å². The summed E-state index contributed by atoms with van der Waals surface area (Å²) in [5.41, 5.74) is 2.47. The molecule has 0 rings (SSSR count). The topological polar surface area (TPSA) is 43.4 Å². The molecule has 0 unspecified atom stereocenters. The van der Waals surface area contributed by atoms with Crippen molar-refractivity contribution >= 4 is 11.9 Å². The Labute approximate surface area is 269 Å². The van der Waals surface area contributed by atoms with Crippen molar-refractivity contribution in [1.29, 1.82) is 0 Å². The molecule has 0 saturated heterocycles. The summed E-state index contributed by atoms with van der Waals surface area (Å²) in [6.45, 7) is 14.4. The largest absolute Gasteiger partial charge is 0.386 e. The smallest absolute Gasteiger partial charge is 0.342 e. The minimum Gasteiger partial charge on any atom is -0.386 e. The summed E-state index contributed by atoms with van der Waals surface area (Å²) in [6.07, 6.45) is 34.0. The Morgan fingerprint density at radius 1 is 0.488 bits per heavy atom. The average molecular weight is 603 g/mol. The summed E-state index contributed by atoms with van der Waals surface area (Å²) in [6, 6.07) is 0. The quantitative estimate of drug-likeness (QED) is 0.0343. The van der Waals surface area contributed by atoms with Gasteiger partial charge in [0, 0.05) is 11.1 Å². The number of hydrogen-bond acceptors (Lipinski definition) is 3. The molecule has 0 aliphatic carbocycles. The Morgan fingerprint density at radius 2 is 0.814 bits per heavy atom. The number of carbonyl (C=O) groups is 2. The van der Waals surface area contributed by atoms with Gasteiger partial charge in [0.05, 0.1) is 0 Å². The second-order valence-electron chi connectivity index (χ2n) is 13.3. The highest BCUT2D eigenvalue weighted by atomic mass is 16.6. The maximum atomic E-state index is 13.9. The van der Waals surface area contributed by atoms with Crippen molar-refractivity contribution in [2.75, 3.05) is 0 Å². The van der Waals surface area contributed by atoms with Gasteiger partial charge in [0.15, 0.2) is 0 Å². The molecule has 0 heterocycles. The fourth-order valence-electron chi connectivity index (χ4n) is 6.23. The van der Waals surface area contributed by atoms with Gasteiger partial charge in [0.1, 0.15) is 0 Å². The van der Waals surface area contributed by atoms with E-state index in [1.54, 1.807) is 6.92 Å². The van der Waals surface area contributed by atoms with Gasteiger partial charge in [0.25, 0.3) is 0 Å². The minimum atomic E-state index is -0.570. The van der Waals surface area contributed by atoms with E-state index in [9.17, 15) is 9.59 Å². The average Bonchev–Trinajstić information content (AvgIpc) is 2.99. The lowest BCUT2D eigenvalue weighted by Gasteiger charge is -2.24. The highest BCUT2D eigenvalue weighted by molar-refractivity contribution is 6.02. The van der Waals surface area contributed by atoms with E-state index < -0.39 is 5.97 Å². The van der Waals surface area contributed by atoms with E-state index in [0.29, 0.717) is 5.57 Å². The molecule has 3 heteroatoms. The number of ether oxygens (including phenoxy) is 1. The van der Waals surface area contributed by atoms with Crippen molar-refractivity contribution in [3.05, 3.63) is 23.3 Å². The minimum absolute atomic E-state index is 0.193. The second-order valence-corrected chi connectivity index (χ2v) is 13.3. The van der Waals surface area contributed by atoms with Crippen molar-refractivity contribution in [2.24, 2.45) is 5.92 Å². The first-order valence-corrected chi connectivity index (χ1v) is 19.1. The summed E-state index contributed by atoms with van der Waals surface area (Å²) in [5, 5.41) is 0. The molecule has 0 radical (unpaired) electrons. The van der Waals surface area contributed by atoms with Crippen molar-refractivity contribution in [1.82, 2.24) is 0 Å². The van der Waals surface area contributed by atoms with E-state index in [4.69, 9.17) is 4.74 Å². The van der Waals surface area contributed by atoms with Gasteiger partial charge in [-0.15, -0.1) is 0 Å². The SMILES string of the molecule is C=C(C)C(=O)OC(=O)C(=C(CCCCCCCC)CCCCCCCC)C(CCCCCCCC)CCCCCCCC. The number of hydrogen-bond donors (Lipinski definition) is 0. The van der Waals surface area contributed by atoms with E-state index in [-0.39, 0.29) is 11.9 Å². The van der Waals surface area contributed by atoms with Crippen molar-refractivity contribution < 1.29 is 14.3 Å². The van der Waals surface area contributed by atoms with Gasteiger partial charge in [-0.1, -0.05) is 181 Å². The molecule has 0 atom stereocenters. The second kappa shape index (κ2) is 30.6. The molecule has 0 amide bonds. The molecule has 252 valence electrons. The molecule has 0 spiro atoms. The number of unbranched alkanes of at least 4 members (excludes halogenated alkanes) is 20. The molecule has 0 saturated carbocycles. The lowest BCUT2D eigenvalue weighted by molar-refractivity contribution is -0.154. The van der Waals surface area contributed by atoms with Crippen LogP contribution in [0.25, 0.3) is 0 Å². The van der Waals surface area contributed by atoms with E-state index in [1.165, 1.54) is 134 Å². The summed E-state index contributed by atoms with van der Waals surface area (Å²) in [4.78, 5) is 26.5. The zero-order valence-corrected chi connectivity index (χ0v) is 29.8. The third-order valence-electron chi connectivity index (χ3n) is 9.02. The molecule has 0 aliphatic rings. The summed E-state index contributed by atoms with van der Waals surface area (Å²) >= 11 is 0. The Kier molecular flexibility index (Phi) is 29.7. The first-order chi connectivity index (χ1) is 20.9. The summed E-state index contributed by atoms with van der Waals surface area (Å²) < 4.78 is 5.54. The molecule has 0 aromatic rings. The number of esters is 2. The van der Waals surface area contributed by atoms with Gasteiger partial charge >= 0.3 is 11.9 Å². The number of allylic oxidation sites excluding steroid dienone is 1. The van der Waals surface area contributed by atoms with Crippen LogP contribution in [0.3, 0.4) is 0 Å². The molecule has 0 aromatic heterocycles. The van der Waals surface area contributed by atoms with Crippen LogP contribution in [-0.2, 0) is 14.3 Å². The van der Waals surface area contributed by atoms with Gasteiger partial charge in [0.2, 0.25) is 0 Å². The Bertz CT molecular complexity index is 685. The Hall–Kier alpha value is -1.38. The van der Waals surface area contributed by atoms with Crippen molar-refractivity contribution in [3.63, 3.8) is 0 Å². The monoisotopic (exact) mass is 603 g/mol. The van der Waals surface area contributed by atoms with Crippen LogP contribution >= 0.6 is 0 Å². The van der Waals surface area contributed by atoms with Gasteiger partial charge in [-0.3, -0.25) is 0 Å². The Balaban J connectivity index is 6.05. The van der Waals surface area contributed by atoms with Crippen LogP contribution in [0.15, 0.2) is 23.3 Å². The third-order valence-corrected chi connectivity index (χ3v) is 9.02.